The summed E-state index contributed by atoms with van der Waals surface area (Å²) in [6.07, 6.45) is 3.79. The Morgan fingerprint density at radius 1 is 1.32 bits per heavy atom. The Hall–Kier alpha value is -4.09. The van der Waals surface area contributed by atoms with Gasteiger partial charge in [-0.15, -0.1) is 0 Å². The summed E-state index contributed by atoms with van der Waals surface area (Å²) < 4.78 is 21.2. The molecule has 12 heteroatoms. The summed E-state index contributed by atoms with van der Waals surface area (Å²) in [4.78, 5) is 25.2. The third-order valence-corrected chi connectivity index (χ3v) is 4.93. The van der Waals surface area contributed by atoms with E-state index in [1.165, 1.54) is 13.2 Å². The molecule has 4 aromatic rings. The molecule has 160 valence electrons. The molecular weight excluding hydrogens is 407 g/mol. The van der Waals surface area contributed by atoms with Gasteiger partial charge >= 0.3 is 5.69 Å². The molecule has 5 rings (SSSR count). The molecule has 5 N–H and O–H groups in total. The lowest BCUT2D eigenvalue weighted by Crippen LogP contribution is -2.12. The van der Waals surface area contributed by atoms with Crippen LogP contribution in [0.4, 0.5) is 22.0 Å². The zero-order valence-corrected chi connectivity index (χ0v) is 16.4. The Kier molecular flexibility index (Phi) is 4.46. The second-order valence-electron chi connectivity index (χ2n) is 7.22. The summed E-state index contributed by atoms with van der Waals surface area (Å²) in [6.45, 7) is 0. The number of anilines is 3. The average molecular weight is 426 g/mol. The lowest BCUT2D eigenvalue weighted by molar-refractivity contribution is 0.414. The minimum absolute atomic E-state index is 0.111. The number of aromatic hydroxyl groups is 1. The number of H-pyrrole nitrogens is 2. The van der Waals surface area contributed by atoms with E-state index in [0.29, 0.717) is 28.6 Å². The van der Waals surface area contributed by atoms with Crippen LogP contribution in [0.25, 0.3) is 5.65 Å². The van der Waals surface area contributed by atoms with Crippen LogP contribution in [0, 0.1) is 5.82 Å². The number of hydrogen-bond donors (Lipinski definition) is 5. The number of benzene rings is 1. The number of para-hydroxylation sites is 1. The minimum atomic E-state index is -0.511. The van der Waals surface area contributed by atoms with E-state index in [1.54, 1.807) is 22.8 Å². The third kappa shape index (κ3) is 3.63. The van der Waals surface area contributed by atoms with E-state index in [4.69, 9.17) is 4.74 Å². The number of fused-ring (bicyclic) bond motifs is 1. The van der Waals surface area contributed by atoms with Gasteiger partial charge in [0.1, 0.15) is 11.4 Å². The van der Waals surface area contributed by atoms with E-state index < -0.39 is 11.5 Å². The second kappa shape index (κ2) is 7.31. The number of nitrogens with zero attached hydrogens (tertiary/aromatic N) is 4. The van der Waals surface area contributed by atoms with Crippen LogP contribution in [0.3, 0.4) is 0 Å². The van der Waals surface area contributed by atoms with E-state index >= 15 is 0 Å². The molecule has 1 aliphatic rings. The molecule has 1 fully saturated rings. The van der Waals surface area contributed by atoms with Gasteiger partial charge in [-0.05, 0) is 25.0 Å². The SMILES string of the molecule is COc1cccc(F)c1Nc1nc(NC2CC2)n2ncc(Cc3[nH]c(=O)[nH]c3O)c2n1. The number of ether oxygens (including phenoxy) is 1. The normalized spacial score (nSPS) is 13.5. The summed E-state index contributed by atoms with van der Waals surface area (Å²) >= 11 is 0. The number of rotatable bonds is 7. The van der Waals surface area contributed by atoms with Crippen molar-refractivity contribution in [1.29, 1.82) is 0 Å². The van der Waals surface area contributed by atoms with Gasteiger partial charge in [0.05, 0.1) is 19.0 Å². The molecule has 0 saturated heterocycles. The summed E-state index contributed by atoms with van der Waals surface area (Å²) in [7, 11) is 1.45. The summed E-state index contributed by atoms with van der Waals surface area (Å²) in [5, 5.41) is 20.4. The van der Waals surface area contributed by atoms with Crippen molar-refractivity contribution >= 4 is 23.2 Å². The fourth-order valence-corrected chi connectivity index (χ4v) is 3.24. The Balaban J connectivity index is 1.58. The van der Waals surface area contributed by atoms with Crippen molar-refractivity contribution in [3.63, 3.8) is 0 Å². The average Bonchev–Trinajstić information content (AvgIpc) is 3.38. The van der Waals surface area contributed by atoms with Crippen LogP contribution in [0.1, 0.15) is 24.1 Å². The van der Waals surface area contributed by atoms with E-state index in [1.807, 2.05) is 0 Å². The van der Waals surface area contributed by atoms with Crippen LogP contribution >= 0.6 is 0 Å². The number of hydrogen-bond acceptors (Lipinski definition) is 8. The van der Waals surface area contributed by atoms with Crippen LogP contribution < -0.4 is 21.1 Å². The Morgan fingerprint density at radius 2 is 2.16 bits per heavy atom. The maximum atomic E-state index is 14.4. The maximum absolute atomic E-state index is 14.4. The highest BCUT2D eigenvalue weighted by Crippen LogP contribution is 2.31. The van der Waals surface area contributed by atoms with Gasteiger partial charge in [0, 0.05) is 18.0 Å². The van der Waals surface area contributed by atoms with Crippen LogP contribution in [0.15, 0.2) is 29.2 Å². The number of aromatic amines is 2. The standard InChI is InChI=1S/C19H19FN8O3/c1-31-13-4-2-3-11(20)14(13)24-17-25-15-9(7-12-16(29)26-19(30)23-12)8-21-28(15)18(27-17)22-10-5-6-10/h2-4,8,10,29H,5-7H2,1H3,(H2,23,26,30)(H2,22,24,25,27). The van der Waals surface area contributed by atoms with Gasteiger partial charge in [-0.25, -0.2) is 9.18 Å². The van der Waals surface area contributed by atoms with Crippen molar-refractivity contribution in [1.82, 2.24) is 29.5 Å². The van der Waals surface area contributed by atoms with E-state index in [9.17, 15) is 14.3 Å². The quantitative estimate of drug-likeness (QED) is 0.301. The fourth-order valence-electron chi connectivity index (χ4n) is 3.24. The molecule has 11 nitrogen and oxygen atoms in total. The van der Waals surface area contributed by atoms with Gasteiger partial charge in [-0.1, -0.05) is 6.07 Å². The van der Waals surface area contributed by atoms with Gasteiger partial charge in [-0.3, -0.25) is 4.98 Å². The molecule has 3 aromatic heterocycles. The van der Waals surface area contributed by atoms with Crippen molar-refractivity contribution in [3.8, 4) is 11.6 Å². The van der Waals surface area contributed by atoms with Gasteiger partial charge in [0.2, 0.25) is 17.8 Å². The van der Waals surface area contributed by atoms with Crippen LogP contribution in [-0.2, 0) is 6.42 Å². The maximum Gasteiger partial charge on any atom is 0.325 e. The number of aromatic nitrogens is 6. The molecule has 0 unspecified atom stereocenters. The van der Waals surface area contributed by atoms with Crippen LogP contribution in [0.2, 0.25) is 0 Å². The first-order valence-corrected chi connectivity index (χ1v) is 9.62. The van der Waals surface area contributed by atoms with Gasteiger partial charge in [-0.2, -0.15) is 19.6 Å². The zero-order valence-electron chi connectivity index (χ0n) is 16.4. The number of imidazole rings is 1. The smallest absolute Gasteiger partial charge is 0.325 e. The van der Waals surface area contributed by atoms with Gasteiger partial charge in [0.15, 0.2) is 11.5 Å². The zero-order chi connectivity index (χ0) is 21.5. The first kappa shape index (κ1) is 18.9. The minimum Gasteiger partial charge on any atom is -0.494 e. The van der Waals surface area contributed by atoms with Gasteiger partial charge in [0.25, 0.3) is 0 Å². The van der Waals surface area contributed by atoms with E-state index in [-0.39, 0.29) is 30.0 Å². The van der Waals surface area contributed by atoms with Crippen LogP contribution in [-0.4, -0.2) is 47.8 Å². The predicted molar refractivity (Wildman–Crippen MR) is 110 cm³/mol. The summed E-state index contributed by atoms with van der Waals surface area (Å²) in [6, 6.07) is 4.76. The lowest BCUT2D eigenvalue weighted by atomic mass is 10.2. The van der Waals surface area contributed by atoms with Crippen molar-refractivity contribution in [2.45, 2.75) is 25.3 Å². The Morgan fingerprint density at radius 3 is 2.87 bits per heavy atom. The van der Waals surface area contributed by atoms with E-state index in [2.05, 4.69) is 35.7 Å². The molecule has 3 heterocycles. The van der Waals surface area contributed by atoms with Crippen molar-refractivity contribution in [2.24, 2.45) is 0 Å². The van der Waals surface area contributed by atoms with Crippen molar-refractivity contribution < 1.29 is 14.2 Å². The first-order valence-electron chi connectivity index (χ1n) is 9.62. The number of halogens is 1. The molecular formula is C19H19FN8O3. The monoisotopic (exact) mass is 426 g/mol. The molecule has 0 atom stereocenters. The third-order valence-electron chi connectivity index (χ3n) is 4.93. The lowest BCUT2D eigenvalue weighted by Gasteiger charge is -2.13. The highest BCUT2D eigenvalue weighted by Gasteiger charge is 2.24. The molecule has 1 saturated carbocycles. The van der Waals surface area contributed by atoms with E-state index in [0.717, 1.165) is 12.8 Å². The van der Waals surface area contributed by atoms with Crippen molar-refractivity contribution in [2.75, 3.05) is 17.7 Å². The molecule has 0 aliphatic heterocycles. The predicted octanol–water partition coefficient (Wildman–Crippen LogP) is 1.90. The second-order valence-corrected chi connectivity index (χ2v) is 7.22. The number of methoxy groups -OCH3 is 1. The molecule has 1 aliphatic carbocycles. The largest absolute Gasteiger partial charge is 0.494 e. The summed E-state index contributed by atoms with van der Waals surface area (Å²) in [5.74, 6) is 0.145. The Labute approximate surface area is 174 Å². The van der Waals surface area contributed by atoms with Gasteiger partial charge < -0.3 is 25.5 Å². The highest BCUT2D eigenvalue weighted by molar-refractivity contribution is 5.66. The topological polar surface area (TPSA) is 145 Å². The molecule has 0 radical (unpaired) electrons. The Bertz CT molecular complexity index is 1320. The molecule has 31 heavy (non-hydrogen) atoms. The van der Waals surface area contributed by atoms with Crippen LogP contribution in [0.5, 0.6) is 11.6 Å². The fraction of sp³-hybridized carbons (Fsp3) is 0.263. The van der Waals surface area contributed by atoms with Crippen molar-refractivity contribution in [3.05, 3.63) is 52.0 Å². The molecule has 0 bridgehead atoms. The first-order chi connectivity index (χ1) is 15.0. The summed E-state index contributed by atoms with van der Waals surface area (Å²) in [5.41, 5.74) is 0.984. The molecule has 0 amide bonds. The molecule has 0 spiro atoms. The highest BCUT2D eigenvalue weighted by atomic mass is 19.1. The molecule has 1 aromatic carbocycles. The number of nitrogens with one attached hydrogen (secondary N) is 4.